The van der Waals surface area contributed by atoms with E-state index in [1.165, 1.54) is 7.11 Å². The number of aromatic amines is 1. The number of hydrogen-bond acceptors (Lipinski definition) is 6. The molecule has 0 aliphatic heterocycles. The van der Waals surface area contributed by atoms with Crippen molar-refractivity contribution in [3.05, 3.63) is 80.4 Å². The summed E-state index contributed by atoms with van der Waals surface area (Å²) in [5.74, 6) is 0.939. The van der Waals surface area contributed by atoms with Crippen molar-refractivity contribution in [3.63, 3.8) is 0 Å². The average Bonchev–Trinajstić information content (AvgIpc) is 3.14. The molecule has 4 rings (SSSR count). The zero-order chi connectivity index (χ0) is 23.5. The Hall–Kier alpha value is -3.96. The molecule has 0 saturated carbocycles. The molecule has 2 aromatic carbocycles. The monoisotopic (exact) mass is 463 g/mol. The molecule has 8 nitrogen and oxygen atoms in total. The number of benzene rings is 2. The molecule has 0 bridgehead atoms. The Kier molecular flexibility index (Phi) is 6.24. The number of H-pyrrole nitrogens is 1. The molecular formula is C24H22ClN5O3. The lowest BCUT2D eigenvalue weighted by Crippen LogP contribution is -2.16. The number of anilines is 1. The van der Waals surface area contributed by atoms with Gasteiger partial charge >= 0.3 is 0 Å². The van der Waals surface area contributed by atoms with Gasteiger partial charge < -0.3 is 19.8 Å². The summed E-state index contributed by atoms with van der Waals surface area (Å²) in [6.07, 6.45) is 0. The van der Waals surface area contributed by atoms with Crippen molar-refractivity contribution in [1.82, 2.24) is 14.8 Å². The molecule has 9 heteroatoms. The zero-order valence-electron chi connectivity index (χ0n) is 18.4. The predicted octanol–water partition coefficient (Wildman–Crippen LogP) is 4.29. The van der Waals surface area contributed by atoms with Gasteiger partial charge in [-0.3, -0.25) is 9.48 Å². The number of rotatable bonds is 7. The minimum Gasteiger partial charge on any atom is -0.495 e. The highest BCUT2D eigenvalue weighted by Crippen LogP contribution is 2.32. The molecule has 0 aliphatic carbocycles. The third-order valence-corrected chi connectivity index (χ3v) is 5.72. The number of nitrogens with zero attached hydrogens (tertiary/aromatic N) is 3. The van der Waals surface area contributed by atoms with E-state index in [0.717, 1.165) is 22.5 Å². The Bertz CT molecular complexity index is 1420. The maximum Gasteiger partial charge on any atom is 0.253 e. The Morgan fingerprint density at radius 3 is 2.73 bits per heavy atom. The maximum absolute atomic E-state index is 12.7. The fraction of sp³-hybridized carbons (Fsp3) is 0.208. The Morgan fingerprint density at radius 2 is 2.03 bits per heavy atom. The van der Waals surface area contributed by atoms with Gasteiger partial charge in [0.25, 0.3) is 5.56 Å². The first-order valence-electron chi connectivity index (χ1n) is 10.2. The van der Waals surface area contributed by atoms with Crippen LogP contribution in [0.4, 0.5) is 5.69 Å². The van der Waals surface area contributed by atoms with Gasteiger partial charge in [0, 0.05) is 42.0 Å². The van der Waals surface area contributed by atoms with Gasteiger partial charge in [0.2, 0.25) is 0 Å². The van der Waals surface area contributed by atoms with Crippen molar-refractivity contribution in [1.29, 1.82) is 5.26 Å². The maximum atomic E-state index is 12.7. The molecule has 0 amide bonds. The number of aryl methyl sites for hydroxylation is 2. The number of nitrogens with one attached hydrogen (secondary N) is 2. The van der Waals surface area contributed by atoms with E-state index in [1.807, 2.05) is 26.1 Å². The fourth-order valence-electron chi connectivity index (χ4n) is 3.46. The summed E-state index contributed by atoms with van der Waals surface area (Å²) in [5.41, 5.74) is 3.80. The molecule has 0 fully saturated rings. The van der Waals surface area contributed by atoms with E-state index in [4.69, 9.17) is 26.3 Å². The molecule has 0 saturated heterocycles. The molecule has 2 heterocycles. The number of fused-ring (bicyclic) bond motifs is 1. The lowest BCUT2D eigenvalue weighted by Gasteiger charge is -2.11. The predicted molar refractivity (Wildman–Crippen MR) is 127 cm³/mol. The van der Waals surface area contributed by atoms with E-state index >= 15 is 0 Å². The van der Waals surface area contributed by atoms with Gasteiger partial charge in [-0.05, 0) is 43.3 Å². The topological polar surface area (TPSA) is 105 Å². The highest BCUT2D eigenvalue weighted by Gasteiger charge is 2.12. The SMILES string of the molecule is COc1cc(NCc2cc3ccc(OCc4cc(C)n(C)n4)c(Cl)c3[nH]c2=O)ccc1C#N. The van der Waals surface area contributed by atoms with Crippen LogP contribution in [0.15, 0.2) is 47.3 Å². The largest absolute Gasteiger partial charge is 0.495 e. The highest BCUT2D eigenvalue weighted by atomic mass is 35.5. The molecular weight excluding hydrogens is 442 g/mol. The van der Waals surface area contributed by atoms with E-state index < -0.39 is 0 Å². The molecule has 2 aromatic heterocycles. The van der Waals surface area contributed by atoms with Crippen LogP contribution >= 0.6 is 11.6 Å². The second kappa shape index (κ2) is 9.27. The van der Waals surface area contributed by atoms with E-state index in [2.05, 4.69) is 21.5 Å². The van der Waals surface area contributed by atoms with Gasteiger partial charge in [-0.1, -0.05) is 11.6 Å². The van der Waals surface area contributed by atoms with Crippen LogP contribution in [-0.2, 0) is 20.2 Å². The minimum atomic E-state index is -0.255. The molecule has 0 aliphatic rings. The van der Waals surface area contributed by atoms with Gasteiger partial charge in [0.1, 0.15) is 34.9 Å². The van der Waals surface area contributed by atoms with Crippen LogP contribution in [0, 0.1) is 18.3 Å². The normalized spacial score (nSPS) is 10.8. The van der Waals surface area contributed by atoms with Crippen LogP contribution in [-0.4, -0.2) is 21.9 Å². The Morgan fingerprint density at radius 1 is 1.21 bits per heavy atom. The number of aromatic nitrogens is 3. The van der Waals surface area contributed by atoms with E-state index in [0.29, 0.717) is 33.2 Å². The summed E-state index contributed by atoms with van der Waals surface area (Å²) in [6.45, 7) is 2.52. The van der Waals surface area contributed by atoms with Crippen molar-refractivity contribution < 1.29 is 9.47 Å². The first-order valence-corrected chi connectivity index (χ1v) is 10.6. The Balaban J connectivity index is 1.53. The van der Waals surface area contributed by atoms with E-state index in [-0.39, 0.29) is 18.7 Å². The van der Waals surface area contributed by atoms with Gasteiger partial charge in [-0.2, -0.15) is 10.4 Å². The molecule has 2 N–H and O–H groups in total. The molecule has 168 valence electrons. The number of halogens is 1. The van der Waals surface area contributed by atoms with Crippen molar-refractivity contribution in [2.75, 3.05) is 12.4 Å². The zero-order valence-corrected chi connectivity index (χ0v) is 19.2. The second-order valence-electron chi connectivity index (χ2n) is 7.54. The third-order valence-electron chi connectivity index (χ3n) is 5.34. The molecule has 33 heavy (non-hydrogen) atoms. The van der Waals surface area contributed by atoms with E-state index in [9.17, 15) is 4.79 Å². The standard InChI is InChI=1S/C24H22ClN5O3/c1-14-8-19(29-30(14)2)13-33-20-7-5-15-9-17(24(31)28-23(15)22(20)25)12-27-18-6-4-16(11-26)21(10-18)32-3/h4-10,27H,12-13H2,1-3H3,(H,28,31). The van der Waals surface area contributed by atoms with E-state index in [1.54, 1.807) is 35.0 Å². The summed E-state index contributed by atoms with van der Waals surface area (Å²) < 4.78 is 12.8. The summed E-state index contributed by atoms with van der Waals surface area (Å²) in [6, 6.07) is 14.6. The summed E-state index contributed by atoms with van der Waals surface area (Å²) >= 11 is 6.53. The molecule has 0 unspecified atom stereocenters. The highest BCUT2D eigenvalue weighted by molar-refractivity contribution is 6.36. The molecule has 0 atom stereocenters. The molecule has 4 aromatic rings. The molecule has 0 radical (unpaired) electrons. The van der Waals surface area contributed by atoms with Crippen LogP contribution in [0.1, 0.15) is 22.5 Å². The quantitative estimate of drug-likeness (QED) is 0.423. The van der Waals surface area contributed by atoms with Gasteiger partial charge in [-0.15, -0.1) is 0 Å². The lowest BCUT2D eigenvalue weighted by atomic mass is 10.1. The van der Waals surface area contributed by atoms with Gasteiger partial charge in [0.15, 0.2) is 0 Å². The van der Waals surface area contributed by atoms with Crippen LogP contribution in [0.3, 0.4) is 0 Å². The minimum absolute atomic E-state index is 0.255. The fourth-order valence-corrected chi connectivity index (χ4v) is 3.73. The first-order chi connectivity index (χ1) is 15.9. The number of nitriles is 1. The van der Waals surface area contributed by atoms with Crippen LogP contribution in [0.2, 0.25) is 5.02 Å². The lowest BCUT2D eigenvalue weighted by molar-refractivity contribution is 0.300. The van der Waals surface area contributed by atoms with Crippen LogP contribution in [0.25, 0.3) is 10.9 Å². The summed E-state index contributed by atoms with van der Waals surface area (Å²) in [4.78, 5) is 15.5. The third kappa shape index (κ3) is 4.64. The van der Waals surface area contributed by atoms with Crippen molar-refractivity contribution >= 4 is 28.2 Å². The number of ether oxygens (including phenoxy) is 2. The number of pyridine rings is 1. The van der Waals surface area contributed by atoms with Crippen LogP contribution < -0.4 is 20.3 Å². The van der Waals surface area contributed by atoms with Crippen molar-refractivity contribution in [2.45, 2.75) is 20.1 Å². The first kappa shape index (κ1) is 22.2. The summed E-state index contributed by atoms with van der Waals surface area (Å²) in [7, 11) is 3.38. The average molecular weight is 464 g/mol. The van der Waals surface area contributed by atoms with Crippen molar-refractivity contribution in [2.24, 2.45) is 7.05 Å². The van der Waals surface area contributed by atoms with Gasteiger partial charge in [0.05, 0.1) is 18.2 Å². The summed E-state index contributed by atoms with van der Waals surface area (Å²) in [5, 5.41) is 17.8. The second-order valence-corrected chi connectivity index (χ2v) is 7.91. The van der Waals surface area contributed by atoms with Crippen LogP contribution in [0.5, 0.6) is 11.5 Å². The smallest absolute Gasteiger partial charge is 0.253 e. The van der Waals surface area contributed by atoms with Crippen molar-refractivity contribution in [3.8, 4) is 17.6 Å². The number of hydrogen-bond donors (Lipinski definition) is 2. The number of methoxy groups -OCH3 is 1. The molecule has 0 spiro atoms. The van der Waals surface area contributed by atoms with Gasteiger partial charge in [-0.25, -0.2) is 0 Å². The Labute approximate surface area is 195 Å².